The number of rotatable bonds is 3. The standard InChI is InChI=1S/C21H23FN2O2/c1-26-16-7-5-14(6-8-16)13-24-20(25)19-17(11-15(23)12-18(19)22)21(24)9-3-2-4-10-21/h5-8,11-12H,2-4,9-10,13,23H2,1H3. The lowest BCUT2D eigenvalue weighted by Crippen LogP contribution is -2.44. The maximum Gasteiger partial charge on any atom is 0.258 e. The second-order valence-corrected chi connectivity index (χ2v) is 7.26. The highest BCUT2D eigenvalue weighted by atomic mass is 19.1. The Balaban J connectivity index is 1.77. The molecule has 0 atom stereocenters. The molecule has 26 heavy (non-hydrogen) atoms. The predicted octanol–water partition coefficient (Wildman–Crippen LogP) is 4.23. The van der Waals surface area contributed by atoms with Crippen LogP contribution in [0.5, 0.6) is 5.75 Å². The average molecular weight is 354 g/mol. The maximum absolute atomic E-state index is 14.6. The van der Waals surface area contributed by atoms with Crippen LogP contribution < -0.4 is 10.5 Å². The van der Waals surface area contributed by atoms with Crippen LogP contribution in [0.15, 0.2) is 36.4 Å². The highest BCUT2D eigenvalue weighted by molar-refractivity contribution is 6.00. The largest absolute Gasteiger partial charge is 0.497 e. The molecule has 2 aliphatic rings. The van der Waals surface area contributed by atoms with E-state index < -0.39 is 11.4 Å². The maximum atomic E-state index is 14.6. The lowest BCUT2D eigenvalue weighted by molar-refractivity contribution is 0.0386. The molecule has 0 radical (unpaired) electrons. The van der Waals surface area contributed by atoms with Crippen molar-refractivity contribution in [3.05, 3.63) is 58.9 Å². The smallest absolute Gasteiger partial charge is 0.258 e. The molecule has 1 aliphatic carbocycles. The molecule has 136 valence electrons. The summed E-state index contributed by atoms with van der Waals surface area (Å²) in [6.45, 7) is 0.455. The van der Waals surface area contributed by atoms with Crippen LogP contribution >= 0.6 is 0 Å². The first kappa shape index (κ1) is 16.9. The fraction of sp³-hybridized carbons (Fsp3) is 0.381. The van der Waals surface area contributed by atoms with Crippen LogP contribution in [-0.4, -0.2) is 17.9 Å². The van der Waals surface area contributed by atoms with Crippen molar-refractivity contribution in [2.24, 2.45) is 0 Å². The fourth-order valence-electron chi connectivity index (χ4n) is 4.50. The summed E-state index contributed by atoms with van der Waals surface area (Å²) in [4.78, 5) is 15.0. The number of hydrogen-bond acceptors (Lipinski definition) is 3. The molecule has 1 aliphatic heterocycles. The van der Waals surface area contributed by atoms with E-state index in [2.05, 4.69) is 0 Å². The van der Waals surface area contributed by atoms with Crippen molar-refractivity contribution in [3.63, 3.8) is 0 Å². The molecule has 2 aromatic rings. The van der Waals surface area contributed by atoms with E-state index in [1.54, 1.807) is 13.2 Å². The Morgan fingerprint density at radius 2 is 1.85 bits per heavy atom. The quantitative estimate of drug-likeness (QED) is 0.839. The Bertz CT molecular complexity index is 842. The molecular formula is C21H23FN2O2. The molecule has 1 saturated carbocycles. The van der Waals surface area contributed by atoms with E-state index in [1.807, 2.05) is 29.2 Å². The Hall–Kier alpha value is -2.56. The topological polar surface area (TPSA) is 55.6 Å². The first-order valence-corrected chi connectivity index (χ1v) is 9.09. The molecular weight excluding hydrogens is 331 g/mol. The van der Waals surface area contributed by atoms with E-state index in [0.29, 0.717) is 12.2 Å². The third kappa shape index (κ3) is 2.54. The molecule has 0 bridgehead atoms. The van der Waals surface area contributed by atoms with Gasteiger partial charge in [0.1, 0.15) is 11.6 Å². The molecule has 1 fully saturated rings. The van der Waals surface area contributed by atoms with E-state index in [4.69, 9.17) is 10.5 Å². The van der Waals surface area contributed by atoms with Gasteiger partial charge in [-0.25, -0.2) is 4.39 Å². The molecule has 0 unspecified atom stereocenters. The van der Waals surface area contributed by atoms with E-state index in [0.717, 1.165) is 49.0 Å². The van der Waals surface area contributed by atoms with Crippen LogP contribution in [0, 0.1) is 5.82 Å². The Labute approximate surface area is 152 Å². The molecule has 1 spiro atoms. The van der Waals surface area contributed by atoms with Gasteiger partial charge in [0.25, 0.3) is 5.91 Å². The van der Waals surface area contributed by atoms with Crippen LogP contribution in [0.4, 0.5) is 10.1 Å². The van der Waals surface area contributed by atoms with Crippen LogP contribution in [-0.2, 0) is 12.1 Å². The van der Waals surface area contributed by atoms with E-state index in [1.165, 1.54) is 6.07 Å². The molecule has 4 nitrogen and oxygen atoms in total. The zero-order chi connectivity index (χ0) is 18.3. The van der Waals surface area contributed by atoms with Gasteiger partial charge < -0.3 is 15.4 Å². The monoisotopic (exact) mass is 354 g/mol. The molecule has 2 aromatic carbocycles. The minimum Gasteiger partial charge on any atom is -0.497 e. The lowest BCUT2D eigenvalue weighted by atomic mass is 9.76. The minimum absolute atomic E-state index is 0.203. The van der Waals surface area contributed by atoms with Gasteiger partial charge in [-0.15, -0.1) is 0 Å². The number of nitrogen functional groups attached to an aromatic ring is 1. The van der Waals surface area contributed by atoms with Gasteiger partial charge in [0.15, 0.2) is 0 Å². The van der Waals surface area contributed by atoms with E-state index >= 15 is 0 Å². The number of halogens is 1. The normalized spacial score (nSPS) is 18.2. The van der Waals surface area contributed by atoms with Crippen LogP contribution in [0.1, 0.15) is 53.6 Å². The molecule has 1 heterocycles. The number of hydrogen-bond donors (Lipinski definition) is 1. The minimum atomic E-state index is -0.507. The molecule has 0 aromatic heterocycles. The van der Waals surface area contributed by atoms with Gasteiger partial charge in [0, 0.05) is 12.2 Å². The second kappa shape index (κ2) is 6.31. The van der Waals surface area contributed by atoms with Crippen molar-refractivity contribution in [2.75, 3.05) is 12.8 Å². The zero-order valence-corrected chi connectivity index (χ0v) is 14.9. The van der Waals surface area contributed by atoms with Gasteiger partial charge in [-0.2, -0.15) is 0 Å². The van der Waals surface area contributed by atoms with Crippen molar-refractivity contribution in [1.82, 2.24) is 4.90 Å². The van der Waals surface area contributed by atoms with Gasteiger partial charge in [-0.05, 0) is 48.2 Å². The third-order valence-electron chi connectivity index (χ3n) is 5.77. The first-order chi connectivity index (χ1) is 12.5. The Morgan fingerprint density at radius 1 is 1.15 bits per heavy atom. The number of nitrogens with zero attached hydrogens (tertiary/aromatic N) is 1. The average Bonchev–Trinajstić information content (AvgIpc) is 2.86. The van der Waals surface area contributed by atoms with Gasteiger partial charge in [-0.3, -0.25) is 4.79 Å². The number of amides is 1. The van der Waals surface area contributed by atoms with Gasteiger partial charge in [0.2, 0.25) is 0 Å². The number of benzene rings is 2. The van der Waals surface area contributed by atoms with Crippen molar-refractivity contribution < 1.29 is 13.9 Å². The summed E-state index contributed by atoms with van der Waals surface area (Å²) < 4.78 is 19.8. The first-order valence-electron chi connectivity index (χ1n) is 9.09. The molecule has 5 heteroatoms. The van der Waals surface area contributed by atoms with E-state index in [-0.39, 0.29) is 11.5 Å². The van der Waals surface area contributed by atoms with E-state index in [9.17, 15) is 9.18 Å². The van der Waals surface area contributed by atoms with Crippen molar-refractivity contribution >= 4 is 11.6 Å². The molecule has 2 N–H and O–H groups in total. The summed E-state index contributed by atoms with van der Waals surface area (Å²) in [5.74, 6) is 0.0402. The molecule has 1 amide bonds. The number of carbonyl (C=O) groups excluding carboxylic acids is 1. The van der Waals surface area contributed by atoms with Gasteiger partial charge >= 0.3 is 0 Å². The summed E-state index contributed by atoms with van der Waals surface area (Å²) in [5, 5.41) is 0. The summed E-state index contributed by atoms with van der Waals surface area (Å²) in [6, 6.07) is 10.7. The number of fused-ring (bicyclic) bond motifs is 2. The zero-order valence-electron chi connectivity index (χ0n) is 14.9. The Kier molecular flexibility index (Phi) is 4.10. The summed E-state index contributed by atoms with van der Waals surface area (Å²) in [6.07, 6.45) is 4.91. The van der Waals surface area contributed by atoms with Crippen LogP contribution in [0.3, 0.4) is 0 Å². The highest BCUT2D eigenvalue weighted by Gasteiger charge is 2.51. The summed E-state index contributed by atoms with van der Waals surface area (Å²) in [5.41, 5.74) is 7.83. The van der Waals surface area contributed by atoms with Crippen molar-refractivity contribution in [3.8, 4) is 5.75 Å². The lowest BCUT2D eigenvalue weighted by Gasteiger charge is -2.42. The van der Waals surface area contributed by atoms with Crippen LogP contribution in [0.2, 0.25) is 0 Å². The number of methoxy groups -OCH3 is 1. The second-order valence-electron chi connectivity index (χ2n) is 7.26. The third-order valence-corrected chi connectivity index (χ3v) is 5.77. The predicted molar refractivity (Wildman–Crippen MR) is 98.4 cm³/mol. The van der Waals surface area contributed by atoms with Crippen molar-refractivity contribution in [1.29, 1.82) is 0 Å². The summed E-state index contributed by atoms with van der Waals surface area (Å²) in [7, 11) is 1.62. The number of ether oxygens (including phenoxy) is 1. The summed E-state index contributed by atoms with van der Waals surface area (Å²) >= 11 is 0. The van der Waals surface area contributed by atoms with Gasteiger partial charge in [0.05, 0.1) is 18.2 Å². The molecule has 4 rings (SSSR count). The van der Waals surface area contributed by atoms with Crippen LogP contribution in [0.25, 0.3) is 0 Å². The number of anilines is 1. The number of nitrogens with two attached hydrogens (primary N) is 1. The fourth-order valence-corrected chi connectivity index (χ4v) is 4.50. The van der Waals surface area contributed by atoms with Gasteiger partial charge in [-0.1, -0.05) is 31.4 Å². The van der Waals surface area contributed by atoms with Crippen molar-refractivity contribution in [2.45, 2.75) is 44.2 Å². The SMILES string of the molecule is COc1ccc(CN2C(=O)c3c(F)cc(N)cc3C23CCCCC3)cc1. The number of carbonyl (C=O) groups is 1. The highest BCUT2D eigenvalue weighted by Crippen LogP contribution is 2.50. The molecule has 0 saturated heterocycles. The Morgan fingerprint density at radius 3 is 2.50 bits per heavy atom.